The fourth-order valence-corrected chi connectivity index (χ4v) is 1.77. The van der Waals surface area contributed by atoms with Crippen molar-refractivity contribution < 1.29 is 14.3 Å². The lowest BCUT2D eigenvalue weighted by Crippen LogP contribution is -2.49. The van der Waals surface area contributed by atoms with E-state index in [9.17, 15) is 9.59 Å². The minimum absolute atomic E-state index is 0.238. The quantitative estimate of drug-likeness (QED) is 0.710. The van der Waals surface area contributed by atoms with Gasteiger partial charge in [-0.05, 0) is 20.3 Å². The fourth-order valence-electron chi connectivity index (χ4n) is 1.77. The van der Waals surface area contributed by atoms with Gasteiger partial charge in [0.25, 0.3) is 0 Å². The van der Waals surface area contributed by atoms with Crippen molar-refractivity contribution in [2.24, 2.45) is 0 Å². The molecule has 1 rings (SSSR count). The van der Waals surface area contributed by atoms with Crippen LogP contribution < -0.4 is 10.6 Å². The Kier molecular flexibility index (Phi) is 4.34. The topological polar surface area (TPSA) is 67.4 Å². The van der Waals surface area contributed by atoms with E-state index in [0.29, 0.717) is 17.9 Å². The summed E-state index contributed by atoms with van der Waals surface area (Å²) in [7, 11) is 0. The van der Waals surface area contributed by atoms with Crippen molar-refractivity contribution in [2.75, 3.05) is 6.61 Å². The number of allylic oxidation sites excluding steroid dienone is 1. The van der Waals surface area contributed by atoms with Crippen LogP contribution in [0.3, 0.4) is 0 Å². The van der Waals surface area contributed by atoms with Crippen molar-refractivity contribution >= 4 is 12.0 Å². The van der Waals surface area contributed by atoms with Gasteiger partial charge in [0.15, 0.2) is 0 Å². The molecule has 0 aliphatic carbocycles. The van der Waals surface area contributed by atoms with Crippen LogP contribution in [0.1, 0.15) is 33.6 Å². The second-order valence-electron chi connectivity index (χ2n) is 3.70. The first-order chi connectivity index (χ1) is 7.60. The molecule has 2 amide bonds. The van der Waals surface area contributed by atoms with E-state index in [4.69, 9.17) is 4.74 Å². The maximum Gasteiger partial charge on any atom is 0.337 e. The Morgan fingerprint density at radius 2 is 2.12 bits per heavy atom. The van der Waals surface area contributed by atoms with E-state index < -0.39 is 0 Å². The molecule has 0 bridgehead atoms. The third-order valence-electron chi connectivity index (χ3n) is 2.43. The summed E-state index contributed by atoms with van der Waals surface area (Å²) < 4.78 is 4.98. The van der Waals surface area contributed by atoms with Gasteiger partial charge < -0.3 is 15.4 Å². The van der Waals surface area contributed by atoms with Crippen LogP contribution in [0, 0.1) is 0 Å². The lowest BCUT2D eigenvalue weighted by molar-refractivity contribution is -0.139. The van der Waals surface area contributed by atoms with Crippen LogP contribution >= 0.6 is 0 Å². The second-order valence-corrected chi connectivity index (χ2v) is 3.70. The highest BCUT2D eigenvalue weighted by atomic mass is 16.5. The molecule has 0 saturated carbocycles. The van der Waals surface area contributed by atoms with Gasteiger partial charge in [0.2, 0.25) is 0 Å². The molecular weight excluding hydrogens is 208 g/mol. The number of carbonyl (C=O) groups excluding carboxylic acids is 2. The van der Waals surface area contributed by atoms with Crippen LogP contribution in [0.15, 0.2) is 11.3 Å². The van der Waals surface area contributed by atoms with Gasteiger partial charge in [0.1, 0.15) is 0 Å². The third-order valence-corrected chi connectivity index (χ3v) is 2.43. The van der Waals surface area contributed by atoms with E-state index in [0.717, 1.165) is 12.8 Å². The van der Waals surface area contributed by atoms with Gasteiger partial charge in [-0.25, -0.2) is 9.59 Å². The second kappa shape index (κ2) is 5.53. The SMILES string of the molecule is CCC[C@@H]1NC(=O)NC(C)=C1C(=O)OCC. The molecule has 2 N–H and O–H groups in total. The Morgan fingerprint density at radius 1 is 1.44 bits per heavy atom. The molecule has 1 heterocycles. The normalized spacial score (nSPS) is 20.2. The van der Waals surface area contributed by atoms with Crippen molar-refractivity contribution in [3.8, 4) is 0 Å². The van der Waals surface area contributed by atoms with E-state index >= 15 is 0 Å². The summed E-state index contributed by atoms with van der Waals surface area (Å²) in [6.07, 6.45) is 1.63. The Hall–Kier alpha value is -1.52. The van der Waals surface area contributed by atoms with Gasteiger partial charge >= 0.3 is 12.0 Å². The molecule has 1 aliphatic heterocycles. The van der Waals surface area contributed by atoms with Crippen molar-refractivity contribution in [1.82, 2.24) is 10.6 Å². The van der Waals surface area contributed by atoms with Crippen molar-refractivity contribution in [1.29, 1.82) is 0 Å². The van der Waals surface area contributed by atoms with Crippen LogP contribution in [-0.2, 0) is 9.53 Å². The summed E-state index contributed by atoms with van der Waals surface area (Å²) in [6, 6.07) is -0.498. The van der Waals surface area contributed by atoms with Crippen LogP contribution in [-0.4, -0.2) is 24.6 Å². The largest absolute Gasteiger partial charge is 0.463 e. The Bertz CT molecular complexity index is 323. The minimum Gasteiger partial charge on any atom is -0.463 e. The summed E-state index contributed by atoms with van der Waals surface area (Å²) in [5.41, 5.74) is 1.11. The van der Waals surface area contributed by atoms with Crippen LogP contribution in [0.5, 0.6) is 0 Å². The number of carbonyl (C=O) groups is 2. The monoisotopic (exact) mass is 226 g/mol. The molecule has 90 valence electrons. The smallest absolute Gasteiger partial charge is 0.337 e. The molecule has 0 aromatic rings. The maximum atomic E-state index is 11.7. The minimum atomic E-state index is -0.356. The maximum absolute atomic E-state index is 11.7. The lowest BCUT2D eigenvalue weighted by atomic mass is 9.99. The highest BCUT2D eigenvalue weighted by Crippen LogP contribution is 2.17. The number of hydrogen-bond donors (Lipinski definition) is 2. The molecule has 5 heteroatoms. The van der Waals surface area contributed by atoms with E-state index in [-0.39, 0.29) is 18.0 Å². The molecule has 0 saturated heterocycles. The zero-order valence-electron chi connectivity index (χ0n) is 9.92. The Morgan fingerprint density at radius 3 is 2.69 bits per heavy atom. The van der Waals surface area contributed by atoms with E-state index in [2.05, 4.69) is 10.6 Å². The fraction of sp³-hybridized carbons (Fsp3) is 0.636. The zero-order chi connectivity index (χ0) is 12.1. The van der Waals surface area contributed by atoms with Crippen molar-refractivity contribution in [3.05, 3.63) is 11.3 Å². The molecular formula is C11H18N2O3. The van der Waals surface area contributed by atoms with Gasteiger partial charge in [0, 0.05) is 5.70 Å². The summed E-state index contributed by atoms with van der Waals surface area (Å²) in [5, 5.41) is 5.31. The number of ether oxygens (including phenoxy) is 1. The third kappa shape index (κ3) is 2.74. The molecule has 0 aromatic carbocycles. The van der Waals surface area contributed by atoms with Gasteiger partial charge in [0.05, 0.1) is 18.2 Å². The molecule has 0 radical (unpaired) electrons. The van der Waals surface area contributed by atoms with Gasteiger partial charge in [-0.15, -0.1) is 0 Å². The average Bonchev–Trinajstić information content (AvgIpc) is 2.17. The molecule has 0 unspecified atom stereocenters. The number of urea groups is 1. The number of esters is 1. The number of rotatable bonds is 4. The molecule has 0 aromatic heterocycles. The summed E-state index contributed by atoms with van der Waals surface area (Å²) in [4.78, 5) is 23.0. The first-order valence-electron chi connectivity index (χ1n) is 5.55. The van der Waals surface area contributed by atoms with E-state index in [1.165, 1.54) is 0 Å². The molecule has 5 nitrogen and oxygen atoms in total. The molecule has 1 atom stereocenters. The van der Waals surface area contributed by atoms with E-state index in [1.807, 2.05) is 6.92 Å². The number of nitrogens with one attached hydrogen (secondary N) is 2. The predicted molar refractivity (Wildman–Crippen MR) is 59.7 cm³/mol. The lowest BCUT2D eigenvalue weighted by Gasteiger charge is -2.27. The average molecular weight is 226 g/mol. The number of amides is 2. The molecule has 1 aliphatic rings. The van der Waals surface area contributed by atoms with Gasteiger partial charge in [-0.3, -0.25) is 0 Å². The molecule has 0 spiro atoms. The Balaban J connectivity index is 2.92. The summed E-state index contributed by atoms with van der Waals surface area (Å²) in [6.45, 7) is 5.82. The van der Waals surface area contributed by atoms with Gasteiger partial charge in [-0.2, -0.15) is 0 Å². The van der Waals surface area contributed by atoms with E-state index in [1.54, 1.807) is 13.8 Å². The van der Waals surface area contributed by atoms with Crippen LogP contribution in [0.2, 0.25) is 0 Å². The zero-order valence-corrected chi connectivity index (χ0v) is 9.92. The van der Waals surface area contributed by atoms with Crippen molar-refractivity contribution in [3.63, 3.8) is 0 Å². The standard InChI is InChI=1S/C11H18N2O3/c1-4-6-8-9(10(14)16-5-2)7(3)12-11(15)13-8/h8H,4-6H2,1-3H3,(H2,12,13,15)/t8-/m0/s1. The highest BCUT2D eigenvalue weighted by Gasteiger charge is 2.29. The van der Waals surface area contributed by atoms with Crippen LogP contribution in [0.25, 0.3) is 0 Å². The summed E-state index contributed by atoms with van der Waals surface area (Å²) in [5.74, 6) is -0.356. The molecule has 0 fully saturated rings. The summed E-state index contributed by atoms with van der Waals surface area (Å²) >= 11 is 0. The van der Waals surface area contributed by atoms with Gasteiger partial charge in [-0.1, -0.05) is 13.3 Å². The number of hydrogen-bond acceptors (Lipinski definition) is 3. The Labute approximate surface area is 95.2 Å². The van der Waals surface area contributed by atoms with Crippen LogP contribution in [0.4, 0.5) is 4.79 Å². The molecule has 16 heavy (non-hydrogen) atoms. The predicted octanol–water partition coefficient (Wildman–Crippen LogP) is 1.31. The van der Waals surface area contributed by atoms with Crippen molar-refractivity contribution in [2.45, 2.75) is 39.7 Å². The first-order valence-corrected chi connectivity index (χ1v) is 5.55. The highest BCUT2D eigenvalue weighted by molar-refractivity contribution is 5.94. The first kappa shape index (κ1) is 12.5.